The molecule has 18 amide bonds. The van der Waals surface area contributed by atoms with Crippen LogP contribution in [0.25, 0.3) is 0 Å². The molecule has 4 aliphatic heterocycles. The first-order valence-electron chi connectivity index (χ1n) is 48.4. The summed E-state index contributed by atoms with van der Waals surface area (Å²) in [6.07, 6.45) is 10.1. The van der Waals surface area contributed by atoms with Gasteiger partial charge in [-0.2, -0.15) is 0 Å². The average Bonchev–Trinajstić information content (AvgIpc) is 1.53. The van der Waals surface area contributed by atoms with Crippen LogP contribution in [0.15, 0.2) is 36.9 Å². The minimum absolute atomic E-state index is 0.0612. The average molecular weight is 1900 g/mol. The van der Waals surface area contributed by atoms with Crippen molar-refractivity contribution in [3.63, 3.8) is 0 Å². The number of nitrogens with two attached hydrogens (primary N) is 3. The van der Waals surface area contributed by atoms with Gasteiger partial charge in [-0.05, 0) is 132 Å². The van der Waals surface area contributed by atoms with Gasteiger partial charge < -0.3 is 94.5 Å². The number of amides is 18. The molecular formula is C100H158N18O18. The first-order valence-corrected chi connectivity index (χ1v) is 48.4. The molecule has 6 aliphatic carbocycles. The van der Waals surface area contributed by atoms with E-state index < -0.39 is 194 Å². The lowest BCUT2D eigenvalue weighted by Gasteiger charge is -2.39. The van der Waals surface area contributed by atoms with Gasteiger partial charge in [0.15, 0.2) is 0 Å². The first kappa shape index (κ1) is 109. The summed E-state index contributed by atoms with van der Waals surface area (Å²) in [7, 11) is 4.85. The minimum Gasteiger partial charge on any atom is -0.363 e. The highest BCUT2D eigenvalue weighted by atomic mass is 16.2. The van der Waals surface area contributed by atoms with E-state index >= 15 is 0 Å². The Balaban J connectivity index is 0.000000230. The molecule has 3 unspecified atom stereocenters. The van der Waals surface area contributed by atoms with Gasteiger partial charge in [-0.15, -0.1) is 6.58 Å². The summed E-state index contributed by atoms with van der Waals surface area (Å²) in [4.78, 5) is 247. The molecule has 0 aromatic heterocycles. The topological polar surface area (TPSA) is 513 Å². The van der Waals surface area contributed by atoms with Gasteiger partial charge >= 0.3 is 18.1 Å². The maximum atomic E-state index is 14.4. The van der Waals surface area contributed by atoms with Crippen molar-refractivity contribution in [2.45, 2.75) is 322 Å². The number of fused-ring (bicyclic) bond motifs is 4. The zero-order valence-electron chi connectivity index (χ0n) is 85.5. The molecule has 1 aromatic carbocycles. The number of rotatable bonds is 32. The third-order valence-electron chi connectivity index (χ3n) is 30.5. The lowest BCUT2D eigenvalue weighted by molar-refractivity contribution is -0.145. The van der Waals surface area contributed by atoms with Gasteiger partial charge in [0.25, 0.3) is 17.7 Å². The standard InChI is InChI=1S/C37H54N6O6.C33H54N6O6.C30H50N6O6/c1-35(2,3)28(32(47)42-17-21-14-9-10-15-22(21)18-42)40-34(49)41-29(36(4,5)6)33(48)43-19-23-25(37(23,7)8)26(43)31(46)39-24(27(44)30(38)45)16-20-12-11-13-20;1-11-15-38(10)28(43)24(31(2,3)4)36-30(45)37-25(32(5,6)7)29(44)39-17-19-21(33(19,8)9)22(39)27(42)35-20(23(40)26(34)41)16-18-13-12-14-18;1-28(2,3)21(25(40)35(9)10)33-27(42)34-22(29(4,5)6)26(41)36-14-16-18(30(16,7)8)19(36)24(39)32-17(13-15-11-12-15)20(37)23(31)38/h9-10,14-15,20,23-26,28-29H,11-13,16-19H2,1-8H3,(H2,38,45)(H,39,46)(H2,40,41,49);11,18-22,24-25H,1,12-17H2,2-10H3,(H2,34,41)(H,35,42)(H2,36,37,45);15-19,21-22H,11-14H2,1-10H3,(H2,31,38)(H,32,39)(H2,33,34,42)/t23-,24?,25-,26-,28+,29+;19-,20?,21-,22-,24+,25+;16-,17?,18-,19-,21+,22+/m000/s1. The number of nitrogens with one attached hydrogen (secondary N) is 9. The SMILES string of the molecule is C=CCN(C)C(=O)[C@@H](NC(=O)N[C@H](C(=O)N1C[C@H]2[C@@H]([C@H]1C(=O)NC(CC1CCC1)C(=O)C(N)=O)C2(C)C)C(C)(C)C)C(C)(C)C.CC(C)(C)[C@H](NC(=O)N[C@H](C(=O)N1C[C@H]2[C@@H]([C@H]1C(=O)NC(CC1CCC1)C(=O)C(N)=O)C2(C)C)C(C)(C)C)C(=O)N1Cc2ccccc2C1.CN(C)C(=O)[C@@H](NC(=O)N[C@H](C(=O)N1C[C@H]2[C@@H]([C@H]1C(=O)NC(CC1CC1)C(=O)C(N)=O)C2(C)C)C(C)(C)C)C(C)(C)C. The van der Waals surface area contributed by atoms with E-state index in [0.717, 1.165) is 62.5 Å². The van der Waals surface area contributed by atoms with Crippen molar-refractivity contribution in [1.29, 1.82) is 0 Å². The van der Waals surface area contributed by atoms with Gasteiger partial charge in [-0.1, -0.05) is 248 Å². The molecule has 10 aliphatic rings. The number of benzene rings is 1. The number of likely N-dealkylation sites (tertiary alicyclic amines) is 3. The fraction of sp³-hybridized carbons (Fsp3) is 0.740. The molecule has 0 spiro atoms. The van der Waals surface area contributed by atoms with E-state index in [2.05, 4.69) is 68.3 Å². The van der Waals surface area contributed by atoms with E-state index in [4.69, 9.17) is 17.2 Å². The number of ketones is 3. The van der Waals surface area contributed by atoms with Crippen molar-refractivity contribution >= 4 is 106 Å². The van der Waals surface area contributed by atoms with Crippen LogP contribution in [-0.2, 0) is 85.0 Å². The molecule has 756 valence electrons. The number of carbonyl (C=O) groups excluding carboxylic acids is 18. The molecule has 6 saturated carbocycles. The van der Waals surface area contributed by atoms with Crippen molar-refractivity contribution in [1.82, 2.24) is 77.3 Å². The second kappa shape index (κ2) is 40.8. The number of likely N-dealkylation sites (N-methyl/N-ethyl adjacent to an activating group) is 2. The van der Waals surface area contributed by atoms with E-state index in [1.807, 2.05) is 177 Å². The second-order valence-corrected chi connectivity index (χ2v) is 48.6. The van der Waals surface area contributed by atoms with E-state index in [0.29, 0.717) is 58.5 Å². The zero-order chi connectivity index (χ0) is 103. The summed E-state index contributed by atoms with van der Waals surface area (Å²) in [5, 5.41) is 25.2. The van der Waals surface area contributed by atoms with Crippen LogP contribution in [0.3, 0.4) is 0 Å². The number of primary amides is 3. The number of Topliss-reactive ketones (excluding diaryl/α,β-unsaturated/α-hetero) is 3. The van der Waals surface area contributed by atoms with Gasteiger partial charge in [0.2, 0.25) is 70.5 Å². The molecule has 136 heavy (non-hydrogen) atoms. The van der Waals surface area contributed by atoms with Gasteiger partial charge in [0.05, 0.1) is 18.1 Å². The van der Waals surface area contributed by atoms with Crippen molar-refractivity contribution < 1.29 is 86.3 Å². The number of hydrogen-bond acceptors (Lipinski definition) is 18. The Labute approximate surface area is 802 Å². The monoisotopic (exact) mass is 1900 g/mol. The number of nitrogens with zero attached hydrogens (tertiary/aromatic N) is 6. The molecule has 15 N–H and O–H groups in total. The van der Waals surface area contributed by atoms with E-state index in [9.17, 15) is 86.3 Å². The lowest BCUT2D eigenvalue weighted by atomic mass is 9.80. The summed E-state index contributed by atoms with van der Waals surface area (Å²) in [6.45, 7) is 51.2. The van der Waals surface area contributed by atoms with Crippen LogP contribution in [0, 0.1) is 102 Å². The number of piperidine rings is 3. The quantitative estimate of drug-likeness (QED) is 0.0296. The number of urea groups is 3. The van der Waals surface area contributed by atoms with Crippen LogP contribution in [0.1, 0.15) is 248 Å². The number of carbonyl (C=O) groups is 18. The summed E-state index contributed by atoms with van der Waals surface area (Å²) >= 11 is 0. The maximum Gasteiger partial charge on any atom is 0.316 e. The van der Waals surface area contributed by atoms with Crippen molar-refractivity contribution in [2.24, 2.45) is 119 Å². The Bertz CT molecular complexity index is 4770. The molecule has 0 bridgehead atoms. The Hall–Kier alpha value is -10.6. The van der Waals surface area contributed by atoms with Crippen LogP contribution >= 0.6 is 0 Å². The molecule has 3 saturated heterocycles. The highest BCUT2D eigenvalue weighted by molar-refractivity contribution is 6.39. The fourth-order valence-corrected chi connectivity index (χ4v) is 21.0. The molecule has 0 radical (unpaired) electrons. The molecule has 18 atom stereocenters. The van der Waals surface area contributed by atoms with Crippen LogP contribution in [-0.4, -0.2) is 256 Å². The molecule has 1 aromatic rings. The highest BCUT2D eigenvalue weighted by Gasteiger charge is 2.73. The van der Waals surface area contributed by atoms with Crippen LogP contribution in [0.4, 0.5) is 14.4 Å². The Morgan fingerprint density at radius 3 is 0.860 bits per heavy atom. The summed E-state index contributed by atoms with van der Waals surface area (Å²) in [6, 6.07) is -5.57. The van der Waals surface area contributed by atoms with Crippen molar-refractivity contribution in [2.75, 3.05) is 47.3 Å². The Morgan fingerprint density at radius 1 is 0.382 bits per heavy atom. The minimum atomic E-state index is -1.10. The van der Waals surface area contributed by atoms with Gasteiger partial charge in [0, 0.05) is 60.4 Å². The van der Waals surface area contributed by atoms with Crippen molar-refractivity contribution in [3.05, 3.63) is 48.0 Å². The predicted molar refractivity (Wildman–Crippen MR) is 510 cm³/mol. The van der Waals surface area contributed by atoms with Crippen LogP contribution < -0.4 is 65.1 Å². The van der Waals surface area contributed by atoms with E-state index in [1.165, 1.54) is 24.5 Å². The summed E-state index contributed by atoms with van der Waals surface area (Å²) in [5.41, 5.74) is 13.4. The van der Waals surface area contributed by atoms with Crippen LogP contribution in [0.5, 0.6) is 0 Å². The number of hydrogen-bond donors (Lipinski definition) is 12. The lowest BCUT2D eigenvalue weighted by Crippen LogP contribution is -2.63. The Kier molecular flexibility index (Phi) is 32.8. The molecule has 36 nitrogen and oxygen atoms in total. The third kappa shape index (κ3) is 24.9. The molecule has 11 rings (SSSR count). The fourth-order valence-electron chi connectivity index (χ4n) is 21.0. The molecular weight excluding hydrogens is 1740 g/mol. The molecule has 36 heteroatoms. The second-order valence-electron chi connectivity index (χ2n) is 48.6. The van der Waals surface area contributed by atoms with E-state index in [-0.39, 0.29) is 87.2 Å². The highest BCUT2D eigenvalue weighted by Crippen LogP contribution is 2.67. The van der Waals surface area contributed by atoms with Gasteiger partial charge in [-0.25, -0.2) is 14.4 Å². The Morgan fingerprint density at radius 2 is 0.632 bits per heavy atom. The smallest absolute Gasteiger partial charge is 0.316 e. The predicted octanol–water partition coefficient (Wildman–Crippen LogP) is 5.87. The summed E-state index contributed by atoms with van der Waals surface area (Å²) < 4.78 is 0. The zero-order valence-corrected chi connectivity index (χ0v) is 85.5. The largest absolute Gasteiger partial charge is 0.363 e. The van der Waals surface area contributed by atoms with Gasteiger partial charge in [-0.3, -0.25) is 71.9 Å². The van der Waals surface area contributed by atoms with E-state index in [1.54, 1.807) is 32.1 Å². The third-order valence-corrected chi connectivity index (χ3v) is 30.5. The summed E-state index contributed by atoms with van der Waals surface area (Å²) in [5.74, 6) is -8.92. The normalized spacial score (nSPS) is 24.5. The molecule has 4 heterocycles. The first-order chi connectivity index (χ1) is 62.4. The van der Waals surface area contributed by atoms with Gasteiger partial charge in [0.1, 0.15) is 54.4 Å². The van der Waals surface area contributed by atoms with Crippen molar-refractivity contribution in [3.8, 4) is 0 Å². The molecule has 9 fully saturated rings. The van der Waals surface area contributed by atoms with Crippen LogP contribution in [0.2, 0.25) is 0 Å². The maximum absolute atomic E-state index is 14.4.